The number of amides is 1. The van der Waals surface area contributed by atoms with Crippen molar-refractivity contribution in [2.45, 2.75) is 26.9 Å². The molecule has 8 nitrogen and oxygen atoms in total. The molecule has 0 radical (unpaired) electrons. The highest BCUT2D eigenvalue weighted by atomic mass is 16.5. The second kappa shape index (κ2) is 9.01. The van der Waals surface area contributed by atoms with Crippen molar-refractivity contribution in [3.63, 3.8) is 0 Å². The Labute approximate surface area is 173 Å². The highest BCUT2D eigenvalue weighted by Crippen LogP contribution is 2.27. The number of hydrogen-bond acceptors (Lipinski definition) is 6. The summed E-state index contributed by atoms with van der Waals surface area (Å²) in [5.74, 6) is -0.377. The van der Waals surface area contributed by atoms with Gasteiger partial charge < -0.3 is 19.2 Å². The number of carbonyl (C=O) groups is 2. The molecule has 0 aliphatic rings. The maximum Gasteiger partial charge on any atom is 0.343 e. The molecule has 0 aliphatic heterocycles. The zero-order valence-electron chi connectivity index (χ0n) is 16.8. The number of benzene rings is 1. The van der Waals surface area contributed by atoms with Gasteiger partial charge in [-0.3, -0.25) is 9.36 Å². The lowest BCUT2D eigenvalue weighted by Crippen LogP contribution is -2.30. The topological polar surface area (TPSA) is 106 Å². The molecule has 154 valence electrons. The van der Waals surface area contributed by atoms with Crippen LogP contribution in [0.2, 0.25) is 0 Å². The number of esters is 1. The number of aromatic nitrogens is 1. The standard InChI is InChI=1S/C22H21N3O5/c1-4-28-18-10-6-5-9-17(18)24-20(26)15(3)30-22(27)19-14(2)29-21(16(19)13-23)25-11-7-8-12-25/h5-12,15H,4H2,1-3H3,(H,24,26)/t15-/m0/s1. The van der Waals surface area contributed by atoms with E-state index in [0.717, 1.165) is 0 Å². The number of nitriles is 1. The molecule has 0 bridgehead atoms. The van der Waals surface area contributed by atoms with Gasteiger partial charge in [0.2, 0.25) is 5.88 Å². The first-order chi connectivity index (χ1) is 14.5. The summed E-state index contributed by atoms with van der Waals surface area (Å²) in [5.41, 5.74) is 0.512. The number of aryl methyl sites for hydroxylation is 1. The van der Waals surface area contributed by atoms with Gasteiger partial charge in [-0.2, -0.15) is 5.26 Å². The van der Waals surface area contributed by atoms with Crippen LogP contribution in [0.4, 0.5) is 5.69 Å². The van der Waals surface area contributed by atoms with Gasteiger partial charge in [-0.1, -0.05) is 12.1 Å². The van der Waals surface area contributed by atoms with Crippen LogP contribution >= 0.6 is 0 Å². The van der Waals surface area contributed by atoms with E-state index >= 15 is 0 Å². The van der Waals surface area contributed by atoms with E-state index < -0.39 is 18.0 Å². The number of rotatable bonds is 7. The SMILES string of the molecule is CCOc1ccccc1NC(=O)[C@H](C)OC(=O)c1c(C)oc(-n2cccc2)c1C#N. The average Bonchev–Trinajstić information content (AvgIpc) is 3.36. The third-order valence-electron chi connectivity index (χ3n) is 4.32. The molecule has 1 aromatic carbocycles. The van der Waals surface area contributed by atoms with Gasteiger partial charge in [0, 0.05) is 12.4 Å². The summed E-state index contributed by atoms with van der Waals surface area (Å²) in [6.07, 6.45) is 2.28. The molecule has 2 aromatic heterocycles. The van der Waals surface area contributed by atoms with Gasteiger partial charge in [0.05, 0.1) is 12.3 Å². The highest BCUT2D eigenvalue weighted by Gasteiger charge is 2.28. The molecule has 8 heteroatoms. The van der Waals surface area contributed by atoms with Crippen LogP contribution in [0, 0.1) is 18.3 Å². The molecular weight excluding hydrogens is 386 g/mol. The molecule has 3 aromatic rings. The van der Waals surface area contributed by atoms with Gasteiger partial charge in [-0.25, -0.2) is 4.79 Å². The lowest BCUT2D eigenvalue weighted by Gasteiger charge is -2.15. The zero-order chi connectivity index (χ0) is 21.7. The fourth-order valence-electron chi connectivity index (χ4n) is 2.89. The smallest absolute Gasteiger partial charge is 0.343 e. The number of anilines is 1. The number of ether oxygens (including phenoxy) is 2. The van der Waals surface area contributed by atoms with E-state index in [9.17, 15) is 14.9 Å². The monoisotopic (exact) mass is 407 g/mol. The fourth-order valence-corrected chi connectivity index (χ4v) is 2.89. The third-order valence-corrected chi connectivity index (χ3v) is 4.32. The molecule has 30 heavy (non-hydrogen) atoms. The van der Waals surface area contributed by atoms with Crippen molar-refractivity contribution in [3.8, 4) is 17.7 Å². The molecule has 3 rings (SSSR count). The summed E-state index contributed by atoms with van der Waals surface area (Å²) in [5, 5.41) is 12.2. The van der Waals surface area contributed by atoms with Crippen LogP contribution in [0.15, 0.2) is 53.2 Å². The van der Waals surface area contributed by atoms with Gasteiger partial charge in [0.15, 0.2) is 6.10 Å². The summed E-state index contributed by atoms with van der Waals surface area (Å²) in [4.78, 5) is 25.2. The lowest BCUT2D eigenvalue weighted by molar-refractivity contribution is -0.123. The minimum atomic E-state index is -1.11. The zero-order valence-corrected chi connectivity index (χ0v) is 16.8. The molecule has 1 atom stereocenters. The highest BCUT2D eigenvalue weighted by molar-refractivity contribution is 5.99. The Hall–Kier alpha value is -3.99. The summed E-state index contributed by atoms with van der Waals surface area (Å²) < 4.78 is 18.0. The Bertz CT molecular complexity index is 1090. The van der Waals surface area contributed by atoms with Crippen molar-refractivity contribution in [3.05, 3.63) is 65.7 Å². The van der Waals surface area contributed by atoms with Crippen LogP contribution in [0.3, 0.4) is 0 Å². The Morgan fingerprint density at radius 2 is 1.93 bits per heavy atom. The summed E-state index contributed by atoms with van der Waals surface area (Å²) in [6.45, 7) is 5.29. The molecule has 0 saturated carbocycles. The van der Waals surface area contributed by atoms with Gasteiger partial charge in [-0.15, -0.1) is 0 Å². The quantitative estimate of drug-likeness (QED) is 0.597. The van der Waals surface area contributed by atoms with E-state index in [2.05, 4.69) is 5.32 Å². The molecule has 0 unspecified atom stereocenters. The first-order valence-electron chi connectivity index (χ1n) is 9.36. The Kier molecular flexibility index (Phi) is 6.23. The van der Waals surface area contributed by atoms with Gasteiger partial charge in [0.1, 0.15) is 28.7 Å². The van der Waals surface area contributed by atoms with Crippen LogP contribution in [-0.4, -0.2) is 29.2 Å². The van der Waals surface area contributed by atoms with Gasteiger partial charge in [0.25, 0.3) is 5.91 Å². The summed E-state index contributed by atoms with van der Waals surface area (Å²) in [7, 11) is 0. The van der Waals surface area contributed by atoms with Crippen molar-refractivity contribution < 1.29 is 23.5 Å². The van der Waals surface area contributed by atoms with E-state index in [1.54, 1.807) is 60.3 Å². The Morgan fingerprint density at radius 3 is 2.60 bits per heavy atom. The molecule has 1 amide bonds. The minimum absolute atomic E-state index is 0.00411. The van der Waals surface area contributed by atoms with Crippen LogP contribution in [0.25, 0.3) is 5.88 Å². The first kappa shape index (κ1) is 20.7. The predicted octanol–water partition coefficient (Wildman–Crippen LogP) is 3.83. The van der Waals surface area contributed by atoms with Crippen LogP contribution in [0.5, 0.6) is 5.75 Å². The molecule has 0 fully saturated rings. The molecule has 0 saturated heterocycles. The normalized spacial score (nSPS) is 11.4. The second-order valence-electron chi connectivity index (χ2n) is 6.38. The number of nitrogens with one attached hydrogen (secondary N) is 1. The van der Waals surface area contributed by atoms with Crippen LogP contribution in [-0.2, 0) is 9.53 Å². The lowest BCUT2D eigenvalue weighted by atomic mass is 10.1. The van der Waals surface area contributed by atoms with E-state index in [1.807, 2.05) is 13.0 Å². The van der Waals surface area contributed by atoms with Crippen molar-refractivity contribution >= 4 is 17.6 Å². The Morgan fingerprint density at radius 1 is 1.23 bits per heavy atom. The van der Waals surface area contributed by atoms with E-state index in [4.69, 9.17) is 13.9 Å². The maximum absolute atomic E-state index is 12.7. The van der Waals surface area contributed by atoms with E-state index in [1.165, 1.54) is 6.92 Å². The Balaban J connectivity index is 1.76. The molecule has 0 aliphatic carbocycles. The predicted molar refractivity (Wildman–Crippen MR) is 109 cm³/mol. The van der Waals surface area contributed by atoms with Gasteiger partial charge >= 0.3 is 5.97 Å². The third kappa shape index (κ3) is 4.20. The average molecular weight is 407 g/mol. The molecular formula is C22H21N3O5. The first-order valence-corrected chi connectivity index (χ1v) is 9.36. The van der Waals surface area contributed by atoms with E-state index in [0.29, 0.717) is 18.0 Å². The minimum Gasteiger partial charge on any atom is -0.492 e. The maximum atomic E-state index is 12.7. The van der Waals surface area contributed by atoms with Crippen molar-refractivity contribution in [2.24, 2.45) is 0 Å². The number of carbonyl (C=O) groups excluding carboxylic acids is 2. The fraction of sp³-hybridized carbons (Fsp3) is 0.227. The summed E-state index contributed by atoms with van der Waals surface area (Å²) >= 11 is 0. The largest absolute Gasteiger partial charge is 0.492 e. The number of hydrogen-bond donors (Lipinski definition) is 1. The number of para-hydroxylation sites is 2. The van der Waals surface area contributed by atoms with Gasteiger partial charge in [-0.05, 0) is 45.0 Å². The van der Waals surface area contributed by atoms with E-state index in [-0.39, 0.29) is 22.8 Å². The van der Waals surface area contributed by atoms with Crippen molar-refractivity contribution in [1.82, 2.24) is 4.57 Å². The number of furan rings is 1. The van der Waals surface area contributed by atoms with Crippen molar-refractivity contribution in [1.29, 1.82) is 5.26 Å². The number of nitrogens with zero attached hydrogens (tertiary/aromatic N) is 2. The molecule has 2 heterocycles. The van der Waals surface area contributed by atoms with Crippen LogP contribution in [0.1, 0.15) is 35.5 Å². The second-order valence-corrected chi connectivity index (χ2v) is 6.38. The van der Waals surface area contributed by atoms with Crippen LogP contribution < -0.4 is 10.1 Å². The molecule has 0 spiro atoms. The summed E-state index contributed by atoms with van der Waals surface area (Å²) in [6, 6.07) is 12.5. The van der Waals surface area contributed by atoms with Crippen molar-refractivity contribution in [2.75, 3.05) is 11.9 Å². The molecule has 1 N–H and O–H groups in total.